The molecule has 1 aromatic rings. The van der Waals surface area contributed by atoms with Gasteiger partial charge in [0.05, 0.1) is 12.1 Å². The van der Waals surface area contributed by atoms with Crippen molar-refractivity contribution in [3.05, 3.63) is 23.2 Å². The minimum Gasteiger partial charge on any atom is -0.478 e. The van der Waals surface area contributed by atoms with E-state index in [1.54, 1.807) is 20.8 Å². The van der Waals surface area contributed by atoms with E-state index in [9.17, 15) is 9.90 Å². The van der Waals surface area contributed by atoms with Gasteiger partial charge in [0.25, 0.3) is 0 Å². The Morgan fingerprint density at radius 1 is 1.56 bits per heavy atom. The molecule has 1 rings (SSSR count). The topological polar surface area (TPSA) is 82.7 Å². The molecule has 3 N–H and O–H groups in total. The Morgan fingerprint density at radius 2 is 2.19 bits per heavy atom. The van der Waals surface area contributed by atoms with Crippen LogP contribution in [0.3, 0.4) is 0 Å². The highest BCUT2D eigenvalue weighted by Gasteiger charge is 2.15. The van der Waals surface area contributed by atoms with Gasteiger partial charge in [0.2, 0.25) is 0 Å². The van der Waals surface area contributed by atoms with Crippen LogP contribution in [-0.4, -0.2) is 28.3 Å². The maximum atomic E-state index is 10.7. The number of aromatic carboxylic acids is 1. The van der Waals surface area contributed by atoms with Crippen LogP contribution in [0.2, 0.25) is 0 Å². The molecule has 0 spiro atoms. The minimum absolute atomic E-state index is 0.181. The van der Waals surface area contributed by atoms with Gasteiger partial charge in [-0.15, -0.1) is 0 Å². The zero-order valence-electron chi connectivity index (χ0n) is 9.70. The Bertz CT molecular complexity index is 376. The Hall–Kier alpha value is -1.33. The minimum atomic E-state index is -0.991. The normalized spacial score (nSPS) is 11.8. The molecule has 0 radical (unpaired) electrons. The lowest BCUT2D eigenvalue weighted by Gasteiger charge is -2.16. The van der Waals surface area contributed by atoms with E-state index in [0.29, 0.717) is 24.6 Å². The second kappa shape index (κ2) is 4.67. The van der Waals surface area contributed by atoms with Gasteiger partial charge >= 0.3 is 5.97 Å². The molecule has 5 nitrogen and oxygen atoms in total. The highest BCUT2D eigenvalue weighted by molar-refractivity contribution is 5.88. The van der Waals surface area contributed by atoms with Gasteiger partial charge in [-0.25, -0.2) is 4.79 Å². The molecule has 0 saturated carbocycles. The molecule has 0 atom stereocenters. The van der Waals surface area contributed by atoms with Crippen LogP contribution in [-0.2, 0) is 6.54 Å². The quantitative estimate of drug-likeness (QED) is 0.702. The fourth-order valence-corrected chi connectivity index (χ4v) is 1.33. The summed E-state index contributed by atoms with van der Waals surface area (Å²) in [7, 11) is 0. The molecule has 0 aliphatic carbocycles. The highest BCUT2D eigenvalue weighted by Crippen LogP contribution is 2.14. The average molecular weight is 227 g/mol. The second-order valence-electron chi connectivity index (χ2n) is 4.40. The van der Waals surface area contributed by atoms with Crippen LogP contribution in [0.4, 0.5) is 0 Å². The Kier molecular flexibility index (Phi) is 3.72. The molecule has 0 aliphatic heterocycles. The Labute approximate surface area is 94.1 Å². The van der Waals surface area contributed by atoms with Crippen molar-refractivity contribution in [1.29, 1.82) is 0 Å². The van der Waals surface area contributed by atoms with Crippen LogP contribution in [0.15, 0.2) is 10.5 Å². The molecule has 16 heavy (non-hydrogen) atoms. The number of carboxylic acids is 1. The third kappa shape index (κ3) is 3.67. The maximum absolute atomic E-state index is 10.7. The molecule has 1 aromatic heterocycles. The predicted molar refractivity (Wildman–Crippen MR) is 58.4 cm³/mol. The summed E-state index contributed by atoms with van der Waals surface area (Å²) >= 11 is 0. The number of furan rings is 1. The van der Waals surface area contributed by atoms with Gasteiger partial charge in [-0.3, -0.25) is 0 Å². The molecule has 0 fully saturated rings. The highest BCUT2D eigenvalue weighted by atomic mass is 16.4. The van der Waals surface area contributed by atoms with Gasteiger partial charge in [0.15, 0.2) is 0 Å². The molecule has 5 heteroatoms. The summed E-state index contributed by atoms with van der Waals surface area (Å²) in [4.78, 5) is 10.7. The van der Waals surface area contributed by atoms with E-state index in [2.05, 4.69) is 5.32 Å². The van der Waals surface area contributed by atoms with Crippen molar-refractivity contribution in [3.63, 3.8) is 0 Å². The Balaban J connectivity index is 2.56. The zero-order chi connectivity index (χ0) is 12.3. The van der Waals surface area contributed by atoms with E-state index in [1.807, 2.05) is 0 Å². The fourth-order valence-electron chi connectivity index (χ4n) is 1.33. The molecule has 0 amide bonds. The summed E-state index contributed by atoms with van der Waals surface area (Å²) in [5.41, 5.74) is -0.614. The third-order valence-corrected chi connectivity index (χ3v) is 2.06. The number of aryl methyl sites for hydroxylation is 1. The summed E-state index contributed by atoms with van der Waals surface area (Å²) < 4.78 is 5.27. The average Bonchev–Trinajstić information content (AvgIpc) is 2.44. The van der Waals surface area contributed by atoms with Crippen LogP contribution in [0.5, 0.6) is 0 Å². The number of carboxylic acid groups (broad SMARTS) is 1. The lowest BCUT2D eigenvalue weighted by atomic mass is 10.1. The first-order valence-corrected chi connectivity index (χ1v) is 5.05. The van der Waals surface area contributed by atoms with Gasteiger partial charge in [-0.05, 0) is 26.8 Å². The van der Waals surface area contributed by atoms with Crippen LogP contribution >= 0.6 is 0 Å². The lowest BCUT2D eigenvalue weighted by Crippen LogP contribution is -2.34. The zero-order valence-corrected chi connectivity index (χ0v) is 9.70. The van der Waals surface area contributed by atoms with Gasteiger partial charge in [-0.1, -0.05) is 0 Å². The number of rotatable bonds is 5. The van der Waals surface area contributed by atoms with E-state index in [-0.39, 0.29) is 5.56 Å². The monoisotopic (exact) mass is 227 g/mol. The third-order valence-electron chi connectivity index (χ3n) is 2.06. The molecule has 1 heterocycles. The van der Waals surface area contributed by atoms with Crippen molar-refractivity contribution in [2.24, 2.45) is 0 Å². The molecule has 0 aliphatic rings. The number of hydrogen-bond donors (Lipinski definition) is 3. The summed E-state index contributed by atoms with van der Waals surface area (Å²) in [5, 5.41) is 21.3. The van der Waals surface area contributed by atoms with Gasteiger partial charge in [0, 0.05) is 6.54 Å². The summed E-state index contributed by atoms with van der Waals surface area (Å²) in [6, 6.07) is 1.50. The largest absolute Gasteiger partial charge is 0.478 e. The smallest absolute Gasteiger partial charge is 0.339 e. The summed E-state index contributed by atoms with van der Waals surface area (Å²) in [5.74, 6) is -0.0401. The molecule has 0 aromatic carbocycles. The van der Waals surface area contributed by atoms with Gasteiger partial charge in [0.1, 0.15) is 17.1 Å². The van der Waals surface area contributed by atoms with Crippen molar-refractivity contribution >= 4 is 5.97 Å². The number of carbonyl (C=O) groups is 1. The molecule has 0 bridgehead atoms. The van der Waals surface area contributed by atoms with Crippen molar-refractivity contribution in [2.45, 2.75) is 32.9 Å². The molecular formula is C11H17NO4. The predicted octanol–water partition coefficient (Wildman–Crippen LogP) is 1.15. The fraction of sp³-hybridized carbons (Fsp3) is 0.545. The van der Waals surface area contributed by atoms with E-state index in [0.717, 1.165) is 0 Å². The van der Waals surface area contributed by atoms with E-state index in [1.165, 1.54) is 6.07 Å². The van der Waals surface area contributed by atoms with E-state index >= 15 is 0 Å². The van der Waals surface area contributed by atoms with Crippen molar-refractivity contribution in [2.75, 3.05) is 6.54 Å². The summed E-state index contributed by atoms with van der Waals surface area (Å²) in [6.07, 6.45) is 0. The maximum Gasteiger partial charge on any atom is 0.339 e. The first-order valence-electron chi connectivity index (χ1n) is 5.05. The molecule has 90 valence electrons. The molecule has 0 unspecified atom stereocenters. The van der Waals surface area contributed by atoms with E-state index < -0.39 is 11.6 Å². The standard InChI is InChI=1S/C11H17NO4/c1-7-9(10(13)14)4-8(16-7)5-12-6-11(2,3)15/h4,12,15H,5-6H2,1-3H3,(H,13,14). The van der Waals surface area contributed by atoms with Gasteiger partial charge in [-0.2, -0.15) is 0 Å². The van der Waals surface area contributed by atoms with Crippen molar-refractivity contribution in [1.82, 2.24) is 5.32 Å². The number of nitrogens with one attached hydrogen (secondary N) is 1. The van der Waals surface area contributed by atoms with Crippen molar-refractivity contribution in [3.8, 4) is 0 Å². The van der Waals surface area contributed by atoms with E-state index in [4.69, 9.17) is 9.52 Å². The van der Waals surface area contributed by atoms with Crippen LogP contribution in [0, 0.1) is 6.92 Å². The van der Waals surface area contributed by atoms with Crippen LogP contribution in [0.25, 0.3) is 0 Å². The Morgan fingerprint density at radius 3 is 2.62 bits per heavy atom. The molecular weight excluding hydrogens is 210 g/mol. The van der Waals surface area contributed by atoms with Gasteiger partial charge < -0.3 is 19.9 Å². The second-order valence-corrected chi connectivity index (χ2v) is 4.40. The first-order chi connectivity index (χ1) is 7.29. The lowest BCUT2D eigenvalue weighted by molar-refractivity contribution is 0.0694. The first kappa shape index (κ1) is 12.7. The van der Waals surface area contributed by atoms with Crippen LogP contribution in [0.1, 0.15) is 35.7 Å². The van der Waals surface area contributed by atoms with Crippen molar-refractivity contribution < 1.29 is 19.4 Å². The number of aliphatic hydroxyl groups is 1. The molecule has 0 saturated heterocycles. The SMILES string of the molecule is Cc1oc(CNCC(C)(C)O)cc1C(=O)O. The van der Waals surface area contributed by atoms with Crippen LogP contribution < -0.4 is 5.32 Å². The summed E-state index contributed by atoms with van der Waals surface area (Å²) in [6.45, 7) is 5.81. The number of hydrogen-bond acceptors (Lipinski definition) is 4.